The van der Waals surface area contributed by atoms with Gasteiger partial charge in [-0.05, 0) is 33.4 Å². The molecular weight excluding hydrogens is 254 g/mol. The Morgan fingerprint density at radius 3 is 2.00 bits per heavy atom. The van der Waals surface area contributed by atoms with Crippen molar-refractivity contribution in [1.82, 2.24) is 0 Å². The van der Waals surface area contributed by atoms with E-state index in [4.69, 9.17) is 5.73 Å². The maximum absolute atomic E-state index is 6.24. The molecule has 0 aromatic heterocycles. The predicted octanol–water partition coefficient (Wildman–Crippen LogP) is 5.24. The number of nitrogens with two attached hydrogens (primary N) is 1. The highest BCUT2D eigenvalue weighted by molar-refractivity contribution is 6.09. The van der Waals surface area contributed by atoms with Crippen LogP contribution in [0.4, 0.5) is 5.69 Å². The fraction of sp³-hybridized carbons (Fsp3) is 0. The van der Waals surface area contributed by atoms with E-state index < -0.39 is 0 Å². The maximum Gasteiger partial charge on any atom is 0.0400 e. The molecule has 0 aliphatic heterocycles. The van der Waals surface area contributed by atoms with Crippen molar-refractivity contribution in [1.29, 1.82) is 0 Å². The Balaban J connectivity index is 2.15. The molecule has 0 amide bonds. The zero-order valence-corrected chi connectivity index (χ0v) is 11.6. The molecule has 4 aromatic carbocycles. The first-order valence-electron chi connectivity index (χ1n) is 7.10. The van der Waals surface area contributed by atoms with Gasteiger partial charge in [0.1, 0.15) is 0 Å². The standard InChI is InChI=1S/C20H15N/c21-19-13-5-9-15-8-4-12-18(20(15)19)17-11-3-7-14-6-1-2-10-16(14)17/h1-13H,21H2. The predicted molar refractivity (Wildman–Crippen MR) is 91.3 cm³/mol. The summed E-state index contributed by atoms with van der Waals surface area (Å²) in [5.74, 6) is 0. The van der Waals surface area contributed by atoms with Crippen LogP contribution in [0.2, 0.25) is 0 Å². The molecule has 0 spiro atoms. The van der Waals surface area contributed by atoms with Crippen LogP contribution in [0.15, 0.2) is 78.9 Å². The van der Waals surface area contributed by atoms with Crippen LogP contribution < -0.4 is 5.73 Å². The summed E-state index contributed by atoms with van der Waals surface area (Å²) in [6, 6.07) is 27.3. The lowest BCUT2D eigenvalue weighted by Gasteiger charge is -2.12. The van der Waals surface area contributed by atoms with E-state index in [0.717, 1.165) is 11.1 Å². The van der Waals surface area contributed by atoms with E-state index >= 15 is 0 Å². The highest BCUT2D eigenvalue weighted by Crippen LogP contribution is 2.36. The first-order chi connectivity index (χ1) is 10.3. The Bertz CT molecular complexity index is 943. The molecule has 0 heterocycles. The number of nitrogen functional groups attached to an aromatic ring is 1. The molecule has 0 saturated heterocycles. The van der Waals surface area contributed by atoms with Crippen LogP contribution in [0.3, 0.4) is 0 Å². The molecule has 21 heavy (non-hydrogen) atoms. The third-order valence-corrected chi connectivity index (χ3v) is 4.02. The van der Waals surface area contributed by atoms with Gasteiger partial charge in [0.15, 0.2) is 0 Å². The smallest absolute Gasteiger partial charge is 0.0400 e. The molecule has 0 aliphatic carbocycles. The Labute approximate surface area is 123 Å². The summed E-state index contributed by atoms with van der Waals surface area (Å²) in [5, 5.41) is 4.83. The van der Waals surface area contributed by atoms with E-state index in [9.17, 15) is 0 Å². The van der Waals surface area contributed by atoms with Crippen LogP contribution >= 0.6 is 0 Å². The van der Waals surface area contributed by atoms with Gasteiger partial charge in [0.25, 0.3) is 0 Å². The lowest BCUT2D eigenvalue weighted by atomic mass is 9.93. The molecule has 0 bridgehead atoms. The van der Waals surface area contributed by atoms with Gasteiger partial charge in [-0.1, -0.05) is 72.8 Å². The minimum absolute atomic E-state index is 0.830. The second-order valence-electron chi connectivity index (χ2n) is 5.28. The van der Waals surface area contributed by atoms with E-state index in [1.807, 2.05) is 12.1 Å². The Kier molecular flexibility index (Phi) is 2.65. The van der Waals surface area contributed by atoms with Crippen molar-refractivity contribution >= 4 is 27.2 Å². The molecule has 0 radical (unpaired) electrons. The van der Waals surface area contributed by atoms with Gasteiger partial charge in [-0.3, -0.25) is 0 Å². The van der Waals surface area contributed by atoms with Gasteiger partial charge in [0.05, 0.1) is 0 Å². The normalized spacial score (nSPS) is 11.0. The van der Waals surface area contributed by atoms with Crippen molar-refractivity contribution in [3.63, 3.8) is 0 Å². The first-order valence-corrected chi connectivity index (χ1v) is 7.10. The summed E-state index contributed by atoms with van der Waals surface area (Å²) in [7, 11) is 0. The van der Waals surface area contributed by atoms with E-state index in [2.05, 4.69) is 66.7 Å². The maximum atomic E-state index is 6.24. The molecule has 0 atom stereocenters. The van der Waals surface area contributed by atoms with Gasteiger partial charge in [0, 0.05) is 11.1 Å². The average Bonchev–Trinajstić information content (AvgIpc) is 2.54. The van der Waals surface area contributed by atoms with Gasteiger partial charge in [-0.25, -0.2) is 0 Å². The molecular formula is C20H15N. The number of hydrogen-bond donors (Lipinski definition) is 1. The van der Waals surface area contributed by atoms with Crippen molar-refractivity contribution in [3.05, 3.63) is 78.9 Å². The van der Waals surface area contributed by atoms with E-state index in [1.165, 1.54) is 27.3 Å². The monoisotopic (exact) mass is 269 g/mol. The largest absolute Gasteiger partial charge is 0.398 e. The highest BCUT2D eigenvalue weighted by Gasteiger charge is 2.09. The van der Waals surface area contributed by atoms with Crippen LogP contribution in [0.1, 0.15) is 0 Å². The number of hydrogen-bond acceptors (Lipinski definition) is 1. The summed E-state index contributed by atoms with van der Waals surface area (Å²) in [5.41, 5.74) is 9.50. The molecule has 4 rings (SSSR count). The summed E-state index contributed by atoms with van der Waals surface area (Å²) < 4.78 is 0. The molecule has 0 fully saturated rings. The first kappa shape index (κ1) is 12.0. The summed E-state index contributed by atoms with van der Waals surface area (Å²) in [6.45, 7) is 0. The van der Waals surface area contributed by atoms with Crippen molar-refractivity contribution in [2.24, 2.45) is 0 Å². The van der Waals surface area contributed by atoms with Crippen molar-refractivity contribution in [2.45, 2.75) is 0 Å². The third-order valence-electron chi connectivity index (χ3n) is 4.02. The van der Waals surface area contributed by atoms with Crippen LogP contribution in [0.5, 0.6) is 0 Å². The molecule has 2 N–H and O–H groups in total. The van der Waals surface area contributed by atoms with Crippen molar-refractivity contribution in [3.8, 4) is 11.1 Å². The lowest BCUT2D eigenvalue weighted by Crippen LogP contribution is -1.90. The SMILES string of the molecule is Nc1cccc2cccc(-c3cccc4ccccc34)c12. The van der Waals surface area contributed by atoms with Crippen LogP contribution in [-0.2, 0) is 0 Å². The quantitative estimate of drug-likeness (QED) is 0.470. The van der Waals surface area contributed by atoms with Crippen molar-refractivity contribution < 1.29 is 0 Å². The van der Waals surface area contributed by atoms with Gasteiger partial charge >= 0.3 is 0 Å². The highest BCUT2D eigenvalue weighted by atomic mass is 14.5. The third kappa shape index (κ3) is 1.86. The Hall–Kier alpha value is -2.80. The second-order valence-corrected chi connectivity index (χ2v) is 5.28. The molecule has 100 valence electrons. The second kappa shape index (κ2) is 4.64. The van der Waals surface area contributed by atoms with Crippen LogP contribution in [0.25, 0.3) is 32.7 Å². The summed E-state index contributed by atoms with van der Waals surface area (Å²) in [4.78, 5) is 0. The van der Waals surface area contributed by atoms with E-state index in [0.29, 0.717) is 0 Å². The number of fused-ring (bicyclic) bond motifs is 2. The van der Waals surface area contributed by atoms with Gasteiger partial charge in [-0.15, -0.1) is 0 Å². The number of benzene rings is 4. The average molecular weight is 269 g/mol. The minimum atomic E-state index is 0.830. The fourth-order valence-electron chi connectivity index (χ4n) is 3.05. The molecule has 0 saturated carbocycles. The summed E-state index contributed by atoms with van der Waals surface area (Å²) >= 11 is 0. The Morgan fingerprint density at radius 2 is 1.14 bits per heavy atom. The zero-order chi connectivity index (χ0) is 14.2. The van der Waals surface area contributed by atoms with Gasteiger partial charge in [-0.2, -0.15) is 0 Å². The van der Waals surface area contributed by atoms with E-state index in [1.54, 1.807) is 0 Å². The van der Waals surface area contributed by atoms with Crippen molar-refractivity contribution in [2.75, 3.05) is 5.73 Å². The molecule has 4 aromatic rings. The zero-order valence-electron chi connectivity index (χ0n) is 11.6. The van der Waals surface area contributed by atoms with Crippen LogP contribution in [-0.4, -0.2) is 0 Å². The molecule has 1 nitrogen and oxygen atoms in total. The number of rotatable bonds is 1. The molecule has 0 aliphatic rings. The topological polar surface area (TPSA) is 26.0 Å². The van der Waals surface area contributed by atoms with Gasteiger partial charge in [0.2, 0.25) is 0 Å². The summed E-state index contributed by atoms with van der Waals surface area (Å²) in [6.07, 6.45) is 0. The fourth-order valence-corrected chi connectivity index (χ4v) is 3.05. The molecule has 0 unspecified atom stereocenters. The Morgan fingerprint density at radius 1 is 0.524 bits per heavy atom. The van der Waals surface area contributed by atoms with Gasteiger partial charge < -0.3 is 5.73 Å². The number of anilines is 1. The minimum Gasteiger partial charge on any atom is -0.398 e. The lowest BCUT2D eigenvalue weighted by molar-refractivity contribution is 1.68. The van der Waals surface area contributed by atoms with E-state index in [-0.39, 0.29) is 0 Å². The molecule has 1 heteroatoms. The van der Waals surface area contributed by atoms with Crippen LogP contribution in [0, 0.1) is 0 Å².